The van der Waals surface area contributed by atoms with Crippen molar-refractivity contribution in [2.24, 2.45) is 23.1 Å². The fourth-order valence-corrected chi connectivity index (χ4v) is 13.9. The number of nitrogens with one attached hydrogen (secondary N) is 16. The summed E-state index contributed by atoms with van der Waals surface area (Å²) < 4.78 is 11.2. The molecule has 770 valence electrons. The summed E-state index contributed by atoms with van der Waals surface area (Å²) >= 11 is 0. The molecule has 5 aromatic carbocycles. The molecule has 142 heavy (non-hydrogen) atoms. The lowest BCUT2D eigenvalue weighted by Gasteiger charge is -2.31. The summed E-state index contributed by atoms with van der Waals surface area (Å²) in [5.41, 5.74) is 17.9. The number of guanidine groups is 1. The molecule has 0 aliphatic rings. The van der Waals surface area contributed by atoms with E-state index in [4.69, 9.17) is 32.1 Å². The number of anilines is 1. The molecule has 29 N–H and O–H groups in total. The lowest BCUT2D eigenvalue weighted by atomic mass is 9.80. The van der Waals surface area contributed by atoms with Gasteiger partial charge in [-0.25, -0.2) is 4.79 Å². The number of aliphatic hydroxyl groups excluding tert-OH is 1. The average Bonchev–Trinajstić information content (AvgIpc) is 0.759. The first-order valence-electron chi connectivity index (χ1n) is 44.6. The van der Waals surface area contributed by atoms with Gasteiger partial charge in [-0.15, -0.1) is 0 Å². The van der Waals surface area contributed by atoms with E-state index in [0.717, 1.165) is 5.69 Å². The van der Waals surface area contributed by atoms with Gasteiger partial charge in [-0.05, 0) is 116 Å². The molecule has 5 rings (SSSR count). The summed E-state index contributed by atoms with van der Waals surface area (Å²) in [5.74, 6) is -27.9. The average molecular weight is 1990 g/mol. The molecule has 0 bridgehead atoms. The predicted molar refractivity (Wildman–Crippen MR) is 501 cm³/mol. The summed E-state index contributed by atoms with van der Waals surface area (Å²) in [5, 5.41) is 113. The molecule has 0 fully saturated rings. The summed E-state index contributed by atoms with van der Waals surface area (Å²) in [6, 6.07) is 14.7. The number of rotatable bonds is 63. The molecule has 0 aromatic heterocycles. The van der Waals surface area contributed by atoms with E-state index in [1.54, 1.807) is 109 Å². The maximum Gasteiger partial charge on any atom is 0.326 e. The topological polar surface area (TPSA) is 804 Å². The van der Waals surface area contributed by atoms with Crippen molar-refractivity contribution in [2.45, 2.75) is 195 Å². The second-order valence-electron chi connectivity index (χ2n) is 33.2. The van der Waals surface area contributed by atoms with Gasteiger partial charge in [-0.2, -0.15) is 0 Å². The fourth-order valence-electron chi connectivity index (χ4n) is 13.9. The molecule has 50 heteroatoms. The van der Waals surface area contributed by atoms with Gasteiger partial charge >= 0.3 is 29.8 Å². The van der Waals surface area contributed by atoms with Gasteiger partial charge in [0.2, 0.25) is 94.5 Å². The molecule has 13 atom stereocenters. The SMILES string of the molecule is COc1ccc(C(O)(c2ccc(OCCCC(=O)N[C@@H](CCC(=O)O)C(=O)NCC(=O)N[C@H](C(=O)N[C@@H](CC(N)=O)C(=O)N[C@@H](CC(=O)O)C(=O)N[C@@H](CC(N)=O)C(=O)N[C@@H](CCC(=O)O)C(=O)N[C@@H](CCC(=O)O)C(=O)NCC(=O)N[C@@H](Cc3ccccc3)C(=O)N[C@@H](Cc3ccccc3)C(=O)N[C@@H](CO)C(=O)N[C@@H](C)C(=O)N[C@@H](CCCNC(=N)N)C(=O)O)C(C)C)cc2)c2ccc(N(C)C)cc2)cc1. The molecule has 0 aliphatic carbocycles. The van der Waals surface area contributed by atoms with E-state index in [-0.39, 0.29) is 57.6 Å². The molecule has 5 aromatic rings. The number of aliphatic carboxylic acids is 5. The first-order chi connectivity index (χ1) is 67.1. The van der Waals surface area contributed by atoms with Crippen molar-refractivity contribution in [3.8, 4) is 11.5 Å². The van der Waals surface area contributed by atoms with Crippen molar-refractivity contribution in [1.82, 2.24) is 79.8 Å². The van der Waals surface area contributed by atoms with Crippen LogP contribution in [0.3, 0.4) is 0 Å². The fraction of sp³-hybridized carbons (Fsp3) is 0.435. The van der Waals surface area contributed by atoms with Crippen LogP contribution in [0.25, 0.3) is 0 Å². The number of carbonyl (C=O) groups is 21. The Bertz CT molecular complexity index is 5250. The standard InChI is InChI=1S/C92H122N20O30/c1-49(2)78(111-73(118)47-99-80(128)59(33-36-74(119)120)101-71(116)20-14-40-142-58-31-25-55(26-32-58)92(140,54-23-29-57(141-6)30-24-54)53-21-27-56(28-22-53)112(4)5)89(137)109-66(44-70(94)115)86(134)108-67(45-77(125)126)87(135)107-65(43-69(93)114)85(133)104-61(35-38-76(123)124)82(130)103-60(34-37-75(121)122)81(129)98-46-72(117)102-63(41-51-15-9-7-10-16-51)83(131)106-64(42-52-17-11-8-12-18-52)84(132)110-68(48-113)88(136)100-50(3)79(127)105-62(90(138)139)19-13-39-97-91(95)96/h7-12,15-18,21-32,49-50,59-68,78,113,140H,13-14,19-20,33-48H2,1-6H3,(H2,93,114)(H2,94,115)(H,98,129)(H,99,128)(H,100,136)(H,101,116)(H,102,117)(H,103,130)(H,104,133)(H,105,127)(H,106,131)(H,107,135)(H,108,134)(H,109,137)(H,110,132)(H,111,118)(H,119,120)(H,121,122)(H,123,124)(H,125,126)(H,138,139)(H4,95,96,97)/t50-,59-,60-,61-,62-,63-,64-,65-,66-,67-,68-,78-,92?/m0/s1. The normalized spacial score (nSPS) is 13.8. The Morgan fingerprint density at radius 3 is 1.18 bits per heavy atom. The molecular weight excluding hydrogens is 1870 g/mol. The zero-order chi connectivity index (χ0) is 106. The van der Waals surface area contributed by atoms with Gasteiger partial charge in [0.25, 0.3) is 0 Å². The van der Waals surface area contributed by atoms with Crippen molar-refractivity contribution in [1.29, 1.82) is 5.41 Å². The highest BCUT2D eigenvalue weighted by atomic mass is 16.5. The Balaban J connectivity index is 1.24. The molecule has 50 nitrogen and oxygen atoms in total. The Morgan fingerprint density at radius 1 is 0.380 bits per heavy atom. The second-order valence-corrected chi connectivity index (χ2v) is 33.2. The van der Waals surface area contributed by atoms with E-state index in [1.807, 2.05) is 53.9 Å². The van der Waals surface area contributed by atoms with E-state index in [9.17, 15) is 136 Å². The van der Waals surface area contributed by atoms with Crippen LogP contribution < -0.4 is 111 Å². The maximum absolute atomic E-state index is 14.5. The number of hydrogen-bond acceptors (Lipinski definition) is 27. The maximum atomic E-state index is 14.5. The number of aliphatic hydroxyl groups is 2. The van der Waals surface area contributed by atoms with E-state index in [2.05, 4.69) is 69.1 Å². The zero-order valence-corrected chi connectivity index (χ0v) is 78.5. The molecule has 0 aliphatic heterocycles. The van der Waals surface area contributed by atoms with Crippen LogP contribution in [0, 0.1) is 11.3 Å². The quantitative estimate of drug-likeness (QED) is 0.00748. The Hall–Kier alpha value is -16.4. The lowest BCUT2D eigenvalue weighted by molar-refractivity contribution is -0.142. The first kappa shape index (κ1) is 116. The molecular formula is C92H122N20O30. The minimum absolute atomic E-state index is 0.0268. The van der Waals surface area contributed by atoms with Crippen LogP contribution in [-0.4, -0.2) is 293 Å². The summed E-state index contributed by atoms with van der Waals surface area (Å²) in [6.07, 6.45) is -9.17. The van der Waals surface area contributed by atoms with Gasteiger partial charge in [0.05, 0.1) is 52.7 Å². The van der Waals surface area contributed by atoms with Crippen LogP contribution in [-0.2, 0) is 119 Å². The number of methoxy groups -OCH3 is 1. The third kappa shape index (κ3) is 40.3. The van der Waals surface area contributed by atoms with Crippen molar-refractivity contribution in [3.63, 3.8) is 0 Å². The van der Waals surface area contributed by atoms with Crippen LogP contribution in [0.4, 0.5) is 5.69 Å². The molecule has 0 heterocycles. The number of carbonyl (C=O) groups excluding carboxylic acids is 16. The van der Waals surface area contributed by atoms with Gasteiger partial charge in [0, 0.05) is 64.9 Å². The Morgan fingerprint density at radius 2 is 0.754 bits per heavy atom. The number of hydrogen-bond donors (Lipinski definition) is 26. The van der Waals surface area contributed by atoms with Crippen molar-refractivity contribution >= 4 is 136 Å². The van der Waals surface area contributed by atoms with Gasteiger partial charge in [0.15, 0.2) is 5.96 Å². The van der Waals surface area contributed by atoms with Crippen molar-refractivity contribution in [3.05, 3.63) is 161 Å². The zero-order valence-electron chi connectivity index (χ0n) is 78.5. The third-order valence-electron chi connectivity index (χ3n) is 21.5. The largest absolute Gasteiger partial charge is 0.497 e. The number of benzene rings is 5. The van der Waals surface area contributed by atoms with Crippen LogP contribution in [0.5, 0.6) is 11.5 Å². The van der Waals surface area contributed by atoms with E-state index in [0.29, 0.717) is 39.3 Å². The third-order valence-corrected chi connectivity index (χ3v) is 21.5. The predicted octanol–water partition coefficient (Wildman–Crippen LogP) is -5.42. The molecule has 0 spiro atoms. The highest BCUT2D eigenvalue weighted by molar-refractivity contribution is 6.02. The molecule has 0 saturated carbocycles. The second kappa shape index (κ2) is 58.3. The number of ether oxygens (including phenoxy) is 2. The lowest BCUT2D eigenvalue weighted by Crippen LogP contribution is -2.61. The van der Waals surface area contributed by atoms with E-state index >= 15 is 0 Å². The summed E-state index contributed by atoms with van der Waals surface area (Å²) in [7, 11) is 5.29. The van der Waals surface area contributed by atoms with Crippen LogP contribution in [0.15, 0.2) is 133 Å². The molecule has 0 radical (unpaired) electrons. The summed E-state index contributed by atoms with van der Waals surface area (Å²) in [6.45, 7) is 0.948. The van der Waals surface area contributed by atoms with Crippen molar-refractivity contribution in [2.75, 3.05) is 59.0 Å². The number of carboxylic acids is 5. The molecule has 0 saturated heterocycles. The monoisotopic (exact) mass is 1990 g/mol. The minimum Gasteiger partial charge on any atom is -0.497 e. The Labute approximate surface area is 813 Å². The van der Waals surface area contributed by atoms with Crippen LogP contribution in [0.1, 0.15) is 132 Å². The van der Waals surface area contributed by atoms with E-state index < -0.39 is 286 Å². The van der Waals surface area contributed by atoms with Gasteiger partial charge < -0.3 is 147 Å². The number of nitrogens with two attached hydrogens (primary N) is 3. The highest BCUT2D eigenvalue weighted by Gasteiger charge is 2.40. The van der Waals surface area contributed by atoms with Gasteiger partial charge in [-0.1, -0.05) is 111 Å². The van der Waals surface area contributed by atoms with Crippen molar-refractivity contribution < 1.29 is 146 Å². The smallest absolute Gasteiger partial charge is 0.326 e. The number of nitrogens with zero attached hydrogens (tertiary/aromatic N) is 1. The van der Waals surface area contributed by atoms with Crippen LogP contribution >= 0.6 is 0 Å². The number of amides is 16. The minimum atomic E-state index is -2.34. The van der Waals surface area contributed by atoms with Crippen LogP contribution in [0.2, 0.25) is 0 Å². The van der Waals surface area contributed by atoms with Gasteiger partial charge in [0.1, 0.15) is 89.6 Å². The molecule has 1 unspecified atom stereocenters. The molecule has 16 amide bonds. The highest BCUT2D eigenvalue weighted by Crippen LogP contribution is 2.39. The van der Waals surface area contributed by atoms with E-state index in [1.165, 1.54) is 27.9 Å². The summed E-state index contributed by atoms with van der Waals surface area (Å²) in [4.78, 5) is 282. The Kier molecular flexibility index (Phi) is 47.7. The van der Waals surface area contributed by atoms with Gasteiger partial charge in [-0.3, -0.25) is 101 Å². The number of carboxylic acid groups (broad SMARTS) is 5. The number of primary amides is 2. The first-order valence-corrected chi connectivity index (χ1v) is 44.6.